The molecule has 1 fully saturated rings. The number of rotatable bonds is 6. The molecule has 2 aromatic carbocycles. The molecule has 5 heteroatoms. The number of carbonyl (C=O) groups excluding carboxylic acids is 1. The number of nitrogens with one attached hydrogen (secondary N) is 1. The van der Waals surface area contributed by atoms with E-state index in [2.05, 4.69) is 27.6 Å². The number of anilines is 1. The van der Waals surface area contributed by atoms with E-state index in [4.69, 9.17) is 0 Å². The summed E-state index contributed by atoms with van der Waals surface area (Å²) < 4.78 is 0. The van der Waals surface area contributed by atoms with Crippen LogP contribution in [0.5, 0.6) is 0 Å². The lowest BCUT2D eigenvalue weighted by molar-refractivity contribution is -0.121. The number of hydrazone groups is 1. The minimum atomic E-state index is -0.0709. The summed E-state index contributed by atoms with van der Waals surface area (Å²) in [5.74, 6) is -0.0490. The molecule has 0 spiro atoms. The summed E-state index contributed by atoms with van der Waals surface area (Å²) in [4.78, 5) is 16.2. The number of hydrogen-bond donors (Lipinski definition) is 1. The third kappa shape index (κ3) is 4.20. The van der Waals surface area contributed by atoms with Crippen LogP contribution < -0.4 is 10.3 Å². The zero-order valence-corrected chi connectivity index (χ0v) is 14.0. The van der Waals surface area contributed by atoms with Crippen LogP contribution in [0.4, 0.5) is 5.69 Å². The zero-order chi connectivity index (χ0) is 16.9. The summed E-state index contributed by atoms with van der Waals surface area (Å²) >= 11 is 0. The molecule has 5 nitrogen and oxygen atoms in total. The maximum atomic E-state index is 12.1. The SMILES string of the molecule is CN(C)c1ccc(C=NNC(=O)C2CN2Cc2ccccc2)cc1. The Morgan fingerprint density at radius 2 is 1.92 bits per heavy atom. The summed E-state index contributed by atoms with van der Waals surface area (Å²) in [5, 5.41) is 4.05. The zero-order valence-electron chi connectivity index (χ0n) is 14.0. The fourth-order valence-electron chi connectivity index (χ4n) is 2.52. The Hall–Kier alpha value is -2.66. The Labute approximate surface area is 142 Å². The van der Waals surface area contributed by atoms with Gasteiger partial charge < -0.3 is 4.90 Å². The number of carbonyl (C=O) groups is 1. The highest BCUT2D eigenvalue weighted by atomic mass is 16.2. The van der Waals surface area contributed by atoms with E-state index in [1.54, 1.807) is 6.21 Å². The van der Waals surface area contributed by atoms with Gasteiger partial charge in [-0.05, 0) is 23.3 Å². The molecule has 1 aliphatic rings. The highest BCUT2D eigenvalue weighted by molar-refractivity contribution is 5.87. The minimum absolute atomic E-state index is 0.0490. The van der Waals surface area contributed by atoms with Crippen LogP contribution >= 0.6 is 0 Å². The van der Waals surface area contributed by atoms with Crippen molar-refractivity contribution in [3.63, 3.8) is 0 Å². The van der Waals surface area contributed by atoms with E-state index in [9.17, 15) is 4.79 Å². The summed E-state index contributed by atoms with van der Waals surface area (Å²) in [6, 6.07) is 18.1. The monoisotopic (exact) mass is 322 g/mol. The van der Waals surface area contributed by atoms with Crippen LogP contribution in [0.2, 0.25) is 0 Å². The van der Waals surface area contributed by atoms with Crippen molar-refractivity contribution in [1.82, 2.24) is 10.3 Å². The van der Waals surface area contributed by atoms with E-state index in [0.29, 0.717) is 0 Å². The molecular formula is C19H22N4O. The van der Waals surface area contributed by atoms with Crippen LogP contribution in [0.25, 0.3) is 0 Å². The van der Waals surface area contributed by atoms with Gasteiger partial charge in [0.05, 0.1) is 6.21 Å². The molecule has 124 valence electrons. The van der Waals surface area contributed by atoms with Crippen molar-refractivity contribution in [2.75, 3.05) is 25.5 Å². The molecule has 2 unspecified atom stereocenters. The summed E-state index contributed by atoms with van der Waals surface area (Å²) in [5.41, 5.74) is 5.93. The molecular weight excluding hydrogens is 300 g/mol. The van der Waals surface area contributed by atoms with Crippen molar-refractivity contribution in [2.45, 2.75) is 12.6 Å². The van der Waals surface area contributed by atoms with Crippen LogP contribution in [-0.4, -0.2) is 43.7 Å². The van der Waals surface area contributed by atoms with Gasteiger partial charge in [-0.15, -0.1) is 0 Å². The third-order valence-electron chi connectivity index (χ3n) is 4.04. The first-order valence-electron chi connectivity index (χ1n) is 8.02. The second-order valence-electron chi connectivity index (χ2n) is 6.15. The van der Waals surface area contributed by atoms with Gasteiger partial charge in [0, 0.05) is 32.9 Å². The van der Waals surface area contributed by atoms with Gasteiger partial charge in [-0.25, -0.2) is 5.43 Å². The first kappa shape index (κ1) is 16.2. The van der Waals surface area contributed by atoms with Gasteiger partial charge in [0.2, 0.25) is 0 Å². The first-order valence-corrected chi connectivity index (χ1v) is 8.02. The number of benzene rings is 2. The predicted octanol–water partition coefficient (Wildman–Crippen LogP) is 2.09. The summed E-state index contributed by atoms with van der Waals surface area (Å²) in [6.45, 7) is 1.59. The average Bonchev–Trinajstić information content (AvgIpc) is 3.35. The smallest absolute Gasteiger partial charge is 0.258 e. The Balaban J connectivity index is 1.46. The van der Waals surface area contributed by atoms with Gasteiger partial charge in [-0.2, -0.15) is 5.10 Å². The fourth-order valence-corrected chi connectivity index (χ4v) is 2.52. The van der Waals surface area contributed by atoms with Gasteiger partial charge in [0.25, 0.3) is 5.91 Å². The molecule has 1 saturated heterocycles. The molecule has 0 aromatic heterocycles. The van der Waals surface area contributed by atoms with Gasteiger partial charge in [-0.1, -0.05) is 42.5 Å². The number of amides is 1. The van der Waals surface area contributed by atoms with Crippen LogP contribution in [0.1, 0.15) is 11.1 Å². The lowest BCUT2D eigenvalue weighted by atomic mass is 10.2. The first-order chi connectivity index (χ1) is 11.6. The van der Waals surface area contributed by atoms with E-state index >= 15 is 0 Å². The molecule has 2 aromatic rings. The van der Waals surface area contributed by atoms with E-state index in [-0.39, 0.29) is 11.9 Å². The third-order valence-corrected chi connectivity index (χ3v) is 4.04. The normalized spacial score (nSPS) is 19.2. The molecule has 1 amide bonds. The lowest BCUT2D eigenvalue weighted by Crippen LogP contribution is -2.25. The van der Waals surface area contributed by atoms with Crippen LogP contribution in [0.3, 0.4) is 0 Å². The van der Waals surface area contributed by atoms with E-state index in [1.165, 1.54) is 5.56 Å². The largest absolute Gasteiger partial charge is 0.378 e. The molecule has 2 atom stereocenters. The van der Waals surface area contributed by atoms with Crippen LogP contribution in [0.15, 0.2) is 59.7 Å². The molecule has 3 rings (SSSR count). The van der Waals surface area contributed by atoms with E-state index in [1.807, 2.05) is 61.5 Å². The predicted molar refractivity (Wildman–Crippen MR) is 97.1 cm³/mol. The minimum Gasteiger partial charge on any atom is -0.378 e. The van der Waals surface area contributed by atoms with Crippen molar-refractivity contribution in [1.29, 1.82) is 0 Å². The topological polar surface area (TPSA) is 47.7 Å². The van der Waals surface area contributed by atoms with Crippen molar-refractivity contribution in [3.05, 3.63) is 65.7 Å². The van der Waals surface area contributed by atoms with Crippen LogP contribution in [-0.2, 0) is 11.3 Å². The van der Waals surface area contributed by atoms with Gasteiger partial charge in [0.15, 0.2) is 0 Å². The maximum Gasteiger partial charge on any atom is 0.258 e. The Kier molecular flexibility index (Phi) is 4.91. The second kappa shape index (κ2) is 7.27. The van der Waals surface area contributed by atoms with Gasteiger partial charge >= 0.3 is 0 Å². The second-order valence-corrected chi connectivity index (χ2v) is 6.15. The van der Waals surface area contributed by atoms with Gasteiger partial charge in [0.1, 0.15) is 6.04 Å². The highest BCUT2D eigenvalue weighted by Crippen LogP contribution is 2.21. The summed E-state index contributed by atoms with van der Waals surface area (Å²) in [6.07, 6.45) is 1.67. The molecule has 0 aliphatic carbocycles. The molecule has 0 saturated carbocycles. The molecule has 1 aliphatic heterocycles. The van der Waals surface area contributed by atoms with Crippen molar-refractivity contribution in [2.24, 2.45) is 5.10 Å². The number of hydrogen-bond acceptors (Lipinski definition) is 4. The Bertz CT molecular complexity index is 710. The number of nitrogens with zero attached hydrogens (tertiary/aromatic N) is 3. The molecule has 1 heterocycles. The lowest BCUT2D eigenvalue weighted by Gasteiger charge is -2.11. The maximum absolute atomic E-state index is 12.1. The Morgan fingerprint density at radius 1 is 1.21 bits per heavy atom. The molecule has 24 heavy (non-hydrogen) atoms. The van der Waals surface area contributed by atoms with Gasteiger partial charge in [-0.3, -0.25) is 9.69 Å². The van der Waals surface area contributed by atoms with E-state index in [0.717, 1.165) is 24.3 Å². The van der Waals surface area contributed by atoms with Crippen molar-refractivity contribution >= 4 is 17.8 Å². The van der Waals surface area contributed by atoms with E-state index < -0.39 is 0 Å². The molecule has 0 bridgehead atoms. The molecule has 1 N–H and O–H groups in total. The average molecular weight is 322 g/mol. The van der Waals surface area contributed by atoms with Crippen LogP contribution in [0, 0.1) is 0 Å². The molecule has 0 radical (unpaired) electrons. The highest BCUT2D eigenvalue weighted by Gasteiger charge is 2.39. The van der Waals surface area contributed by atoms with Crippen molar-refractivity contribution < 1.29 is 4.79 Å². The van der Waals surface area contributed by atoms with Crippen molar-refractivity contribution in [3.8, 4) is 0 Å². The fraction of sp³-hybridized carbons (Fsp3) is 0.263. The Morgan fingerprint density at radius 3 is 2.58 bits per heavy atom. The standard InChI is InChI=1S/C19H22N4O/c1-22(2)17-10-8-15(9-11-17)12-20-21-19(24)18-14-23(18)13-16-6-4-3-5-7-16/h3-12,18H,13-14H2,1-2H3,(H,21,24). The quantitative estimate of drug-likeness (QED) is 0.503. The summed E-state index contributed by atoms with van der Waals surface area (Å²) in [7, 11) is 4.00.